The number of nitrogen functional groups attached to an aromatic ring is 1. The van der Waals surface area contributed by atoms with Crippen LogP contribution in [0.1, 0.15) is 16.8 Å². The quantitative estimate of drug-likeness (QED) is 0.644. The average Bonchev–Trinajstić information content (AvgIpc) is 2.48. The molecular weight excluding hydrogens is 302 g/mol. The Hall–Kier alpha value is -2.35. The van der Waals surface area contributed by atoms with Gasteiger partial charge in [-0.25, -0.2) is 0 Å². The second-order valence-electron chi connectivity index (χ2n) is 4.88. The van der Waals surface area contributed by atoms with E-state index in [9.17, 15) is 9.59 Å². The molecule has 0 radical (unpaired) electrons. The molecule has 0 spiro atoms. The van der Waals surface area contributed by atoms with Crippen LogP contribution in [-0.4, -0.2) is 26.5 Å². The smallest absolute Gasteiger partial charge is 0.294 e. The van der Waals surface area contributed by atoms with Crippen molar-refractivity contribution in [3.05, 3.63) is 45.4 Å². The van der Waals surface area contributed by atoms with Gasteiger partial charge in [-0.1, -0.05) is 17.8 Å². The lowest BCUT2D eigenvalue weighted by molar-refractivity contribution is -0.113. The molecule has 0 aliphatic rings. The largest absolute Gasteiger partial charge is 0.334 e. The van der Waals surface area contributed by atoms with Crippen LogP contribution in [0.25, 0.3) is 0 Å². The molecule has 0 aliphatic heterocycles. The highest BCUT2D eigenvalue weighted by atomic mass is 32.2. The van der Waals surface area contributed by atoms with Crippen molar-refractivity contribution in [3.8, 4) is 0 Å². The second-order valence-corrected chi connectivity index (χ2v) is 5.82. The minimum absolute atomic E-state index is 0.0846. The number of nitrogens with one attached hydrogen (secondary N) is 1. The summed E-state index contributed by atoms with van der Waals surface area (Å²) in [5.41, 5.74) is 2.78. The molecule has 2 rings (SSSR count). The van der Waals surface area contributed by atoms with Gasteiger partial charge >= 0.3 is 0 Å². The standard InChI is InChI=1S/C14H17N5O2S/c1-8-4-5-11(6-9(8)2)16-12(20)7-22-14-18-17-10(3)13(21)19(14)15/h4-6H,7,15H2,1-3H3,(H,16,20). The van der Waals surface area contributed by atoms with Crippen LogP contribution in [0.4, 0.5) is 5.69 Å². The summed E-state index contributed by atoms with van der Waals surface area (Å²) < 4.78 is 0.899. The van der Waals surface area contributed by atoms with Gasteiger partial charge in [-0.05, 0) is 44.0 Å². The van der Waals surface area contributed by atoms with Crippen molar-refractivity contribution in [1.29, 1.82) is 0 Å². The molecule has 0 atom stereocenters. The molecule has 1 aromatic heterocycles. The molecule has 7 nitrogen and oxygen atoms in total. The first-order chi connectivity index (χ1) is 10.4. The first-order valence-corrected chi connectivity index (χ1v) is 7.58. The molecule has 8 heteroatoms. The van der Waals surface area contributed by atoms with Crippen molar-refractivity contribution in [2.45, 2.75) is 25.9 Å². The lowest BCUT2D eigenvalue weighted by Crippen LogP contribution is -2.32. The Balaban J connectivity index is 2.00. The van der Waals surface area contributed by atoms with Crippen LogP contribution in [0.2, 0.25) is 0 Å². The highest BCUT2D eigenvalue weighted by Gasteiger charge is 2.10. The number of anilines is 1. The summed E-state index contributed by atoms with van der Waals surface area (Å²) in [6.45, 7) is 5.52. The number of thioether (sulfide) groups is 1. The number of nitrogens with zero attached hydrogens (tertiary/aromatic N) is 3. The van der Waals surface area contributed by atoms with E-state index in [1.807, 2.05) is 32.0 Å². The number of hydrogen-bond acceptors (Lipinski definition) is 6. The van der Waals surface area contributed by atoms with Crippen molar-refractivity contribution in [1.82, 2.24) is 14.9 Å². The van der Waals surface area contributed by atoms with E-state index in [1.54, 1.807) is 0 Å². The van der Waals surface area contributed by atoms with E-state index >= 15 is 0 Å². The fourth-order valence-electron chi connectivity index (χ4n) is 1.71. The predicted molar refractivity (Wildman–Crippen MR) is 86.4 cm³/mol. The van der Waals surface area contributed by atoms with Crippen LogP contribution in [0.3, 0.4) is 0 Å². The molecule has 0 saturated heterocycles. The molecule has 1 aromatic carbocycles. The van der Waals surface area contributed by atoms with Gasteiger partial charge in [-0.15, -0.1) is 10.2 Å². The van der Waals surface area contributed by atoms with E-state index in [2.05, 4.69) is 15.5 Å². The van der Waals surface area contributed by atoms with Gasteiger partial charge in [-0.2, -0.15) is 4.68 Å². The molecule has 0 unspecified atom stereocenters. The van der Waals surface area contributed by atoms with E-state index in [0.717, 1.165) is 33.3 Å². The molecule has 1 heterocycles. The topological polar surface area (TPSA) is 103 Å². The zero-order valence-electron chi connectivity index (χ0n) is 12.6. The fraction of sp³-hybridized carbons (Fsp3) is 0.286. The summed E-state index contributed by atoms with van der Waals surface area (Å²) >= 11 is 1.06. The van der Waals surface area contributed by atoms with E-state index in [-0.39, 0.29) is 22.5 Å². The van der Waals surface area contributed by atoms with Gasteiger partial charge in [0.1, 0.15) is 5.69 Å². The maximum atomic E-state index is 11.9. The number of benzene rings is 1. The lowest BCUT2D eigenvalue weighted by Gasteiger charge is -2.08. The summed E-state index contributed by atoms with van der Waals surface area (Å²) in [6, 6.07) is 5.69. The molecule has 116 valence electrons. The summed E-state index contributed by atoms with van der Waals surface area (Å²) in [5.74, 6) is 5.49. The van der Waals surface area contributed by atoms with E-state index < -0.39 is 5.56 Å². The van der Waals surface area contributed by atoms with Gasteiger partial charge in [0, 0.05) is 5.69 Å². The Kier molecular flexibility index (Phi) is 4.81. The molecule has 0 bridgehead atoms. The van der Waals surface area contributed by atoms with Crippen LogP contribution < -0.4 is 16.7 Å². The predicted octanol–water partition coefficient (Wildman–Crippen LogP) is 1.01. The fourth-order valence-corrected chi connectivity index (χ4v) is 2.37. The van der Waals surface area contributed by atoms with Crippen molar-refractivity contribution in [2.24, 2.45) is 0 Å². The van der Waals surface area contributed by atoms with Gasteiger partial charge < -0.3 is 11.2 Å². The van der Waals surface area contributed by atoms with Gasteiger partial charge in [0.15, 0.2) is 0 Å². The third kappa shape index (κ3) is 3.64. The molecular formula is C14H17N5O2S. The highest BCUT2D eigenvalue weighted by molar-refractivity contribution is 7.99. The number of amides is 1. The third-order valence-electron chi connectivity index (χ3n) is 3.14. The second kappa shape index (κ2) is 6.61. The summed E-state index contributed by atoms with van der Waals surface area (Å²) in [4.78, 5) is 23.6. The normalized spacial score (nSPS) is 10.5. The van der Waals surface area contributed by atoms with E-state index in [1.165, 1.54) is 6.92 Å². The summed E-state index contributed by atoms with van der Waals surface area (Å²) in [7, 11) is 0. The minimum Gasteiger partial charge on any atom is -0.334 e. The monoisotopic (exact) mass is 319 g/mol. The molecule has 0 aliphatic carbocycles. The van der Waals surface area contributed by atoms with Crippen LogP contribution in [-0.2, 0) is 4.79 Å². The Labute approximate surface area is 131 Å². The summed E-state index contributed by atoms with van der Waals surface area (Å²) in [5, 5.41) is 10.5. The van der Waals surface area contributed by atoms with Gasteiger partial charge in [0.2, 0.25) is 11.1 Å². The van der Waals surface area contributed by atoms with Crippen LogP contribution >= 0.6 is 11.8 Å². The van der Waals surface area contributed by atoms with Crippen molar-refractivity contribution < 1.29 is 4.79 Å². The first kappa shape index (κ1) is 16.0. The van der Waals surface area contributed by atoms with Crippen molar-refractivity contribution in [3.63, 3.8) is 0 Å². The highest BCUT2D eigenvalue weighted by Crippen LogP contribution is 2.16. The van der Waals surface area contributed by atoms with Crippen molar-refractivity contribution >= 4 is 23.4 Å². The zero-order valence-corrected chi connectivity index (χ0v) is 13.4. The SMILES string of the molecule is Cc1ccc(NC(=O)CSc2nnc(C)c(=O)n2N)cc1C. The Morgan fingerprint density at radius 1 is 1.27 bits per heavy atom. The maximum absolute atomic E-state index is 11.9. The van der Waals surface area contributed by atoms with E-state index in [0.29, 0.717) is 0 Å². The minimum atomic E-state index is -0.424. The molecule has 0 fully saturated rings. The number of carbonyl (C=O) groups excluding carboxylic acids is 1. The maximum Gasteiger partial charge on any atom is 0.294 e. The number of rotatable bonds is 4. The summed E-state index contributed by atoms with van der Waals surface area (Å²) in [6.07, 6.45) is 0. The molecule has 22 heavy (non-hydrogen) atoms. The van der Waals surface area contributed by atoms with Gasteiger partial charge in [0.05, 0.1) is 5.75 Å². The molecule has 2 aromatic rings. The van der Waals surface area contributed by atoms with Gasteiger partial charge in [-0.3, -0.25) is 9.59 Å². The Morgan fingerprint density at radius 2 is 2.00 bits per heavy atom. The number of carbonyl (C=O) groups is 1. The average molecular weight is 319 g/mol. The lowest BCUT2D eigenvalue weighted by atomic mass is 10.1. The number of hydrogen-bond donors (Lipinski definition) is 2. The van der Waals surface area contributed by atoms with Crippen LogP contribution in [0.15, 0.2) is 28.2 Å². The number of aryl methyl sites for hydroxylation is 3. The Bertz CT molecular complexity index is 772. The van der Waals surface area contributed by atoms with Crippen molar-refractivity contribution in [2.75, 3.05) is 16.9 Å². The van der Waals surface area contributed by atoms with E-state index in [4.69, 9.17) is 5.84 Å². The molecule has 3 N–H and O–H groups in total. The molecule has 1 amide bonds. The third-order valence-corrected chi connectivity index (χ3v) is 4.09. The van der Waals surface area contributed by atoms with Gasteiger partial charge in [0.25, 0.3) is 5.56 Å². The van der Waals surface area contributed by atoms with Crippen LogP contribution in [0.5, 0.6) is 0 Å². The number of aromatic nitrogens is 3. The zero-order chi connectivity index (χ0) is 16.3. The van der Waals surface area contributed by atoms with Crippen LogP contribution in [0, 0.1) is 20.8 Å². The molecule has 0 saturated carbocycles. The number of nitrogens with two attached hydrogens (primary N) is 1. The Morgan fingerprint density at radius 3 is 2.68 bits per heavy atom. The first-order valence-electron chi connectivity index (χ1n) is 6.60.